The quantitative estimate of drug-likeness (QED) is 0.326. The molecule has 1 aliphatic heterocycles. The predicted molar refractivity (Wildman–Crippen MR) is 135 cm³/mol. The van der Waals surface area contributed by atoms with Gasteiger partial charge in [0.1, 0.15) is 0 Å². The van der Waals surface area contributed by atoms with Crippen molar-refractivity contribution in [1.82, 2.24) is 15.3 Å². The molecule has 1 aromatic heterocycles. The molecule has 0 atom stereocenters. The van der Waals surface area contributed by atoms with Gasteiger partial charge in [-0.3, -0.25) is 14.9 Å². The van der Waals surface area contributed by atoms with Crippen molar-refractivity contribution >= 4 is 17.2 Å². The number of thiophene rings is 1. The summed E-state index contributed by atoms with van der Waals surface area (Å²) in [6.45, 7) is 6.58. The van der Waals surface area contributed by atoms with Crippen LogP contribution < -0.4 is 5.48 Å². The highest BCUT2D eigenvalue weighted by molar-refractivity contribution is 7.17. The molecule has 2 N–H and O–H groups in total. The number of amides is 1. The number of nitrogens with zero attached hydrogens (tertiary/aromatic N) is 2. The smallest absolute Gasteiger partial charge is 0.284 e. The topological polar surface area (TPSA) is 55.8 Å². The second-order valence-electron chi connectivity index (χ2n) is 8.72. The lowest BCUT2D eigenvalue weighted by molar-refractivity contribution is 0.0711. The summed E-state index contributed by atoms with van der Waals surface area (Å²) in [6.07, 6.45) is 5.06. The molecule has 0 saturated carbocycles. The summed E-state index contributed by atoms with van der Waals surface area (Å²) in [5.41, 5.74) is 5.47. The standard InChI is InChI=1S/C27H33N3O2S/c31-27(28-32)26-13-12-25(33-26)24-11-7-10-23(20-24)21-30(17-14-22-8-3-1-4-9-22)19-18-29-15-5-2-6-16-29/h1,3-4,7-13,20,32H,2,5-6,14-19,21H2,(H,28,31). The van der Waals surface area contributed by atoms with Crippen LogP contribution in [-0.2, 0) is 13.0 Å². The molecule has 1 aliphatic rings. The van der Waals surface area contributed by atoms with Gasteiger partial charge in [0, 0.05) is 31.1 Å². The molecule has 4 rings (SSSR count). The predicted octanol–water partition coefficient (Wildman–Crippen LogP) is 5.06. The van der Waals surface area contributed by atoms with Crippen LogP contribution in [0.25, 0.3) is 10.4 Å². The number of benzene rings is 2. The van der Waals surface area contributed by atoms with E-state index in [1.54, 1.807) is 11.5 Å². The van der Waals surface area contributed by atoms with E-state index in [1.807, 2.05) is 6.07 Å². The van der Waals surface area contributed by atoms with Crippen LogP contribution in [0.15, 0.2) is 66.7 Å². The molecule has 0 spiro atoms. The zero-order valence-electron chi connectivity index (χ0n) is 19.1. The highest BCUT2D eigenvalue weighted by atomic mass is 32.1. The first-order valence-electron chi connectivity index (χ1n) is 11.8. The van der Waals surface area contributed by atoms with E-state index in [4.69, 9.17) is 5.21 Å². The summed E-state index contributed by atoms with van der Waals surface area (Å²) in [7, 11) is 0. The van der Waals surface area contributed by atoms with Gasteiger partial charge in [-0.1, -0.05) is 55.0 Å². The minimum Gasteiger partial charge on any atom is -0.302 e. The summed E-state index contributed by atoms with van der Waals surface area (Å²) in [6, 6.07) is 23.0. The normalized spacial score (nSPS) is 14.5. The molecular formula is C27H33N3O2S. The highest BCUT2D eigenvalue weighted by Gasteiger charge is 2.14. The Morgan fingerprint density at radius 3 is 2.52 bits per heavy atom. The highest BCUT2D eigenvalue weighted by Crippen LogP contribution is 2.29. The van der Waals surface area contributed by atoms with Crippen LogP contribution in [0.3, 0.4) is 0 Å². The average molecular weight is 464 g/mol. The number of hydroxylamine groups is 1. The lowest BCUT2D eigenvalue weighted by atomic mass is 10.1. The third-order valence-corrected chi connectivity index (χ3v) is 7.42. The molecule has 2 heterocycles. The minimum atomic E-state index is -0.466. The zero-order valence-corrected chi connectivity index (χ0v) is 19.9. The molecule has 174 valence electrons. The number of likely N-dealkylation sites (tertiary alicyclic amines) is 1. The zero-order chi connectivity index (χ0) is 22.9. The van der Waals surface area contributed by atoms with Gasteiger partial charge in [-0.25, -0.2) is 5.48 Å². The molecule has 3 aromatic rings. The van der Waals surface area contributed by atoms with E-state index in [0.29, 0.717) is 4.88 Å². The fourth-order valence-electron chi connectivity index (χ4n) is 4.42. The van der Waals surface area contributed by atoms with Crippen molar-refractivity contribution in [1.29, 1.82) is 0 Å². The second kappa shape index (κ2) is 12.1. The fraction of sp³-hybridized carbons (Fsp3) is 0.370. The van der Waals surface area contributed by atoms with E-state index in [0.717, 1.165) is 43.0 Å². The number of hydrogen-bond acceptors (Lipinski definition) is 5. The largest absolute Gasteiger partial charge is 0.302 e. The average Bonchev–Trinajstić information content (AvgIpc) is 3.37. The van der Waals surface area contributed by atoms with Crippen LogP contribution in [0, 0.1) is 0 Å². The van der Waals surface area contributed by atoms with Crippen molar-refractivity contribution < 1.29 is 10.0 Å². The Kier molecular flexibility index (Phi) is 8.66. The van der Waals surface area contributed by atoms with Crippen LogP contribution >= 0.6 is 11.3 Å². The first-order valence-corrected chi connectivity index (χ1v) is 12.6. The van der Waals surface area contributed by atoms with Gasteiger partial charge in [-0.15, -0.1) is 11.3 Å². The number of carbonyl (C=O) groups is 1. The third kappa shape index (κ3) is 6.98. The van der Waals surface area contributed by atoms with Gasteiger partial charge >= 0.3 is 0 Å². The van der Waals surface area contributed by atoms with Gasteiger partial charge < -0.3 is 4.90 Å². The van der Waals surface area contributed by atoms with E-state index in [9.17, 15) is 4.79 Å². The van der Waals surface area contributed by atoms with Crippen molar-refractivity contribution in [2.75, 3.05) is 32.7 Å². The van der Waals surface area contributed by atoms with Crippen molar-refractivity contribution in [3.63, 3.8) is 0 Å². The van der Waals surface area contributed by atoms with Crippen LogP contribution in [-0.4, -0.2) is 53.6 Å². The fourth-order valence-corrected chi connectivity index (χ4v) is 5.31. The Labute approximate surface area is 200 Å². The van der Waals surface area contributed by atoms with Crippen molar-refractivity contribution in [2.45, 2.75) is 32.2 Å². The number of rotatable bonds is 10. The molecule has 1 fully saturated rings. The molecule has 0 radical (unpaired) electrons. The van der Waals surface area contributed by atoms with Crippen molar-refractivity contribution in [3.8, 4) is 10.4 Å². The summed E-state index contributed by atoms with van der Waals surface area (Å²) >= 11 is 1.39. The Balaban J connectivity index is 1.44. The Bertz CT molecular complexity index is 1010. The Hall–Kier alpha value is -2.51. The lowest BCUT2D eigenvalue weighted by Crippen LogP contribution is -2.38. The van der Waals surface area contributed by atoms with Gasteiger partial charge in [0.2, 0.25) is 0 Å². The van der Waals surface area contributed by atoms with Gasteiger partial charge in [-0.2, -0.15) is 0 Å². The SMILES string of the molecule is O=C(NO)c1ccc(-c2cccc(CN(CCc3ccccc3)CCN3CCCCC3)c2)s1. The van der Waals surface area contributed by atoms with Gasteiger partial charge in [0.15, 0.2) is 0 Å². The first kappa shape index (κ1) is 23.6. The van der Waals surface area contributed by atoms with Crippen LogP contribution in [0.1, 0.15) is 40.1 Å². The van der Waals surface area contributed by atoms with E-state index < -0.39 is 5.91 Å². The van der Waals surface area contributed by atoms with Gasteiger partial charge in [0.25, 0.3) is 5.91 Å². The van der Waals surface area contributed by atoms with E-state index >= 15 is 0 Å². The molecule has 0 unspecified atom stereocenters. The molecule has 1 saturated heterocycles. The number of hydrogen-bond donors (Lipinski definition) is 2. The monoisotopic (exact) mass is 463 g/mol. The van der Waals surface area contributed by atoms with E-state index in [-0.39, 0.29) is 0 Å². The maximum atomic E-state index is 11.7. The molecule has 6 heteroatoms. The second-order valence-corrected chi connectivity index (χ2v) is 9.80. The van der Waals surface area contributed by atoms with Crippen LogP contribution in [0.5, 0.6) is 0 Å². The molecule has 0 aliphatic carbocycles. The van der Waals surface area contributed by atoms with Crippen LogP contribution in [0.2, 0.25) is 0 Å². The maximum Gasteiger partial charge on any atom is 0.284 e. The van der Waals surface area contributed by atoms with Crippen LogP contribution in [0.4, 0.5) is 0 Å². The first-order chi connectivity index (χ1) is 16.2. The maximum absolute atomic E-state index is 11.7. The number of carbonyl (C=O) groups excluding carboxylic acids is 1. The summed E-state index contributed by atoms with van der Waals surface area (Å²) < 4.78 is 0. The van der Waals surface area contributed by atoms with E-state index in [2.05, 4.69) is 64.4 Å². The summed E-state index contributed by atoms with van der Waals surface area (Å²) in [4.78, 5) is 18.4. The molecular weight excluding hydrogens is 430 g/mol. The van der Waals surface area contributed by atoms with E-state index in [1.165, 1.54) is 54.8 Å². The van der Waals surface area contributed by atoms with Crippen molar-refractivity contribution in [2.24, 2.45) is 0 Å². The van der Waals surface area contributed by atoms with Gasteiger partial charge in [0.05, 0.1) is 4.88 Å². The Morgan fingerprint density at radius 1 is 0.939 bits per heavy atom. The van der Waals surface area contributed by atoms with Crippen molar-refractivity contribution in [3.05, 3.63) is 82.7 Å². The van der Waals surface area contributed by atoms with Gasteiger partial charge in [-0.05, 0) is 67.2 Å². The lowest BCUT2D eigenvalue weighted by Gasteiger charge is -2.30. The minimum absolute atomic E-state index is 0.466. The Morgan fingerprint density at radius 2 is 1.73 bits per heavy atom. The number of piperidine rings is 1. The molecule has 33 heavy (non-hydrogen) atoms. The summed E-state index contributed by atoms with van der Waals surface area (Å²) in [5.74, 6) is -0.466. The summed E-state index contributed by atoms with van der Waals surface area (Å²) in [5, 5.41) is 8.89. The number of nitrogens with one attached hydrogen (secondary N) is 1. The third-order valence-electron chi connectivity index (χ3n) is 6.29. The molecule has 0 bridgehead atoms. The molecule has 5 nitrogen and oxygen atoms in total. The molecule has 2 aromatic carbocycles. The molecule has 1 amide bonds.